The van der Waals surface area contributed by atoms with Crippen molar-refractivity contribution in [1.29, 1.82) is 0 Å². The molecule has 1 heterocycles. The topological polar surface area (TPSA) is 61.9 Å². The molecule has 0 atom stereocenters. The molecule has 2 amide bonds. The van der Waals surface area contributed by atoms with Crippen LogP contribution in [0.3, 0.4) is 0 Å². The molecule has 6 nitrogen and oxygen atoms in total. The minimum absolute atomic E-state index is 0.00968. The predicted octanol–water partition coefficient (Wildman–Crippen LogP) is 2.45. The Morgan fingerprint density at radius 2 is 2.24 bits per heavy atom. The first-order valence-electron chi connectivity index (χ1n) is 5.93. The summed E-state index contributed by atoms with van der Waals surface area (Å²) in [5.41, 5.74) is 2.53. The van der Waals surface area contributed by atoms with Crippen LogP contribution in [0, 0.1) is 0 Å². The molecule has 21 heavy (non-hydrogen) atoms. The predicted molar refractivity (Wildman–Crippen MR) is 88.1 cm³/mol. The van der Waals surface area contributed by atoms with Crippen LogP contribution < -0.4 is 5.48 Å². The Labute approximate surface area is 142 Å². The van der Waals surface area contributed by atoms with E-state index in [9.17, 15) is 9.59 Å². The van der Waals surface area contributed by atoms with Crippen molar-refractivity contribution in [2.75, 3.05) is 31.6 Å². The number of carbonyl (C=O) groups is 2. The second-order valence-corrected chi connectivity index (χ2v) is 7.83. The van der Waals surface area contributed by atoms with Gasteiger partial charge in [-0.15, -0.1) is 23.2 Å². The molecule has 0 aromatic heterocycles. The summed E-state index contributed by atoms with van der Waals surface area (Å²) in [4.78, 5) is 29.6. The van der Waals surface area contributed by atoms with Gasteiger partial charge in [-0.1, -0.05) is 11.8 Å². The Morgan fingerprint density at radius 1 is 1.62 bits per heavy atom. The van der Waals surface area contributed by atoms with Gasteiger partial charge in [0.15, 0.2) is 0 Å². The minimum atomic E-state index is -0.581. The molecule has 10 heteroatoms. The lowest BCUT2D eigenvalue weighted by atomic mass is 10.2. The number of alkyl halides is 2. The molecule has 0 unspecified atom stereocenters. The summed E-state index contributed by atoms with van der Waals surface area (Å²) in [5.74, 6) is 0.901. The summed E-state index contributed by atoms with van der Waals surface area (Å²) in [6.07, 6.45) is 0.987. The Kier molecular flexibility index (Phi) is 7.32. The molecule has 120 valence electrons. The highest BCUT2D eigenvalue weighted by Crippen LogP contribution is 2.30. The van der Waals surface area contributed by atoms with Gasteiger partial charge in [0.25, 0.3) is 0 Å². The van der Waals surface area contributed by atoms with Gasteiger partial charge in [0.2, 0.25) is 5.91 Å². The first-order valence-corrected chi connectivity index (χ1v) is 8.76. The van der Waals surface area contributed by atoms with Crippen LogP contribution in [0.5, 0.6) is 0 Å². The molecule has 1 aliphatic heterocycles. The normalized spacial score (nSPS) is 15.6. The first-order chi connectivity index (χ1) is 9.81. The van der Waals surface area contributed by atoms with E-state index in [4.69, 9.17) is 28.0 Å². The zero-order valence-electron chi connectivity index (χ0n) is 11.9. The summed E-state index contributed by atoms with van der Waals surface area (Å²) in [6.45, 7) is 1.86. The standard InChI is InChI=1S/C11H17Cl2N3O3S2/c1-11(6-12,7-13)21-16(3)10(18)19-14-8-4-15(2)9(17)5-20-8/h4,14H,5-7H2,1-3H3. The Bertz CT molecular complexity index is 433. The average molecular weight is 374 g/mol. The van der Waals surface area contributed by atoms with Crippen LogP contribution in [0.25, 0.3) is 0 Å². The molecule has 0 aliphatic carbocycles. The van der Waals surface area contributed by atoms with E-state index < -0.39 is 10.8 Å². The lowest BCUT2D eigenvalue weighted by molar-refractivity contribution is -0.125. The zero-order valence-corrected chi connectivity index (χ0v) is 15.0. The molecular weight excluding hydrogens is 357 g/mol. The molecule has 0 saturated heterocycles. The van der Waals surface area contributed by atoms with Gasteiger partial charge in [-0.05, 0) is 18.9 Å². The average Bonchev–Trinajstić information content (AvgIpc) is 2.47. The van der Waals surface area contributed by atoms with E-state index in [1.54, 1.807) is 20.3 Å². The molecule has 1 rings (SSSR count). The number of carbonyl (C=O) groups excluding carboxylic acids is 2. The van der Waals surface area contributed by atoms with Crippen molar-refractivity contribution in [3.05, 3.63) is 11.2 Å². The highest BCUT2D eigenvalue weighted by atomic mass is 35.5. The number of nitrogens with zero attached hydrogens (tertiary/aromatic N) is 2. The number of hydrogen-bond donors (Lipinski definition) is 1. The summed E-state index contributed by atoms with van der Waals surface area (Å²) >= 11 is 14.1. The molecule has 0 fully saturated rings. The maximum Gasteiger partial charge on any atom is 0.443 e. The van der Waals surface area contributed by atoms with Crippen LogP contribution in [0.2, 0.25) is 0 Å². The SMILES string of the molecule is CN1C=C(NOC(=O)N(C)SC(C)(CCl)CCl)SCC1=O. The van der Waals surface area contributed by atoms with Gasteiger partial charge in [-0.25, -0.2) is 10.3 Å². The fraction of sp³-hybridized carbons (Fsp3) is 0.636. The van der Waals surface area contributed by atoms with Gasteiger partial charge in [0, 0.05) is 32.1 Å². The molecule has 1 N–H and O–H groups in total. The number of rotatable bonds is 6. The van der Waals surface area contributed by atoms with Crippen molar-refractivity contribution in [3.8, 4) is 0 Å². The lowest BCUT2D eigenvalue weighted by Gasteiger charge is -2.28. The molecule has 0 aromatic carbocycles. The molecular formula is C11H17Cl2N3O3S2. The van der Waals surface area contributed by atoms with Gasteiger partial charge in [0.1, 0.15) is 5.03 Å². The van der Waals surface area contributed by atoms with Gasteiger partial charge >= 0.3 is 6.09 Å². The largest absolute Gasteiger partial charge is 0.443 e. The van der Waals surface area contributed by atoms with E-state index in [1.165, 1.54) is 32.9 Å². The highest BCUT2D eigenvalue weighted by molar-refractivity contribution is 8.03. The van der Waals surface area contributed by atoms with Gasteiger partial charge < -0.3 is 9.74 Å². The van der Waals surface area contributed by atoms with Crippen LogP contribution in [0.4, 0.5) is 4.79 Å². The molecule has 1 aliphatic rings. The monoisotopic (exact) mass is 373 g/mol. The van der Waals surface area contributed by atoms with E-state index in [-0.39, 0.29) is 5.91 Å². The third-order valence-corrected chi connectivity index (χ3v) is 6.01. The van der Waals surface area contributed by atoms with E-state index in [1.807, 2.05) is 6.92 Å². The smallest absolute Gasteiger partial charge is 0.323 e. The van der Waals surface area contributed by atoms with Crippen molar-refractivity contribution < 1.29 is 14.4 Å². The summed E-state index contributed by atoms with van der Waals surface area (Å²) in [7, 11) is 3.21. The molecule has 0 saturated carbocycles. The minimum Gasteiger partial charge on any atom is -0.323 e. The summed E-state index contributed by atoms with van der Waals surface area (Å²) in [6, 6.07) is 0. The highest BCUT2D eigenvalue weighted by Gasteiger charge is 2.28. The van der Waals surface area contributed by atoms with Crippen molar-refractivity contribution in [3.63, 3.8) is 0 Å². The maximum atomic E-state index is 11.9. The van der Waals surface area contributed by atoms with Crippen molar-refractivity contribution in [2.24, 2.45) is 0 Å². The lowest BCUT2D eigenvalue weighted by Crippen LogP contribution is -2.36. The van der Waals surface area contributed by atoms with Crippen molar-refractivity contribution in [1.82, 2.24) is 14.7 Å². The van der Waals surface area contributed by atoms with Crippen LogP contribution >= 0.6 is 46.9 Å². The fourth-order valence-electron chi connectivity index (χ4n) is 1.19. The number of nitrogens with one attached hydrogen (secondary N) is 1. The Morgan fingerprint density at radius 3 is 2.76 bits per heavy atom. The molecule has 0 radical (unpaired) electrons. The third-order valence-electron chi connectivity index (χ3n) is 2.47. The number of amides is 2. The van der Waals surface area contributed by atoms with Crippen molar-refractivity contribution in [2.45, 2.75) is 11.7 Å². The van der Waals surface area contributed by atoms with Gasteiger partial charge in [-0.2, -0.15) is 0 Å². The van der Waals surface area contributed by atoms with E-state index in [0.29, 0.717) is 22.5 Å². The van der Waals surface area contributed by atoms with E-state index in [2.05, 4.69) is 5.48 Å². The quantitative estimate of drug-likeness (QED) is 0.438. The van der Waals surface area contributed by atoms with Crippen LogP contribution in [0.1, 0.15) is 6.92 Å². The second kappa shape index (κ2) is 8.26. The third kappa shape index (κ3) is 5.69. The molecule has 0 bridgehead atoms. The van der Waals surface area contributed by atoms with E-state index >= 15 is 0 Å². The Hall–Kier alpha value is -0.440. The maximum absolute atomic E-state index is 11.9. The molecule has 0 aromatic rings. The van der Waals surface area contributed by atoms with Gasteiger partial charge in [0.05, 0.1) is 10.5 Å². The van der Waals surface area contributed by atoms with Crippen LogP contribution in [-0.4, -0.2) is 57.6 Å². The van der Waals surface area contributed by atoms with Gasteiger partial charge in [-0.3, -0.25) is 9.10 Å². The first kappa shape index (κ1) is 18.6. The van der Waals surface area contributed by atoms with Crippen LogP contribution in [-0.2, 0) is 9.63 Å². The number of hydroxylamine groups is 1. The number of hydrogen-bond acceptors (Lipinski definition) is 6. The van der Waals surface area contributed by atoms with Crippen molar-refractivity contribution >= 4 is 58.9 Å². The van der Waals surface area contributed by atoms with Crippen LogP contribution in [0.15, 0.2) is 11.2 Å². The summed E-state index contributed by atoms with van der Waals surface area (Å²) < 4.78 is 0.864. The number of halogens is 2. The Balaban J connectivity index is 2.47. The number of thioether (sulfide) groups is 1. The summed E-state index contributed by atoms with van der Waals surface area (Å²) in [5, 5.41) is 0.585. The van der Waals surface area contributed by atoms with E-state index in [0.717, 1.165) is 0 Å². The molecule has 0 spiro atoms. The second-order valence-electron chi connectivity index (χ2n) is 4.56. The zero-order chi connectivity index (χ0) is 16.0. The fourth-order valence-corrected chi connectivity index (χ4v) is 3.46.